The summed E-state index contributed by atoms with van der Waals surface area (Å²) >= 11 is 0. The summed E-state index contributed by atoms with van der Waals surface area (Å²) in [6, 6.07) is 15.9. The minimum absolute atomic E-state index is 0.146. The summed E-state index contributed by atoms with van der Waals surface area (Å²) < 4.78 is 27.1. The van der Waals surface area contributed by atoms with Crippen molar-refractivity contribution < 1.29 is 8.42 Å². The van der Waals surface area contributed by atoms with Gasteiger partial charge in [-0.05, 0) is 42.2 Å². The minimum atomic E-state index is -3.62. The smallest absolute Gasteiger partial charge is 0.207 e. The van der Waals surface area contributed by atoms with Crippen molar-refractivity contribution in [3.63, 3.8) is 0 Å². The molecule has 22 heavy (non-hydrogen) atoms. The standard InChI is InChI=1S/C17H16N2O2S/c1-19(17-10-9-14-6-2-3-8-16(14)17)22(20,21)15-7-4-5-13(11-15)12-18/h2-8,11,17H,9-10H2,1H3. The highest BCUT2D eigenvalue weighted by atomic mass is 32.2. The average Bonchev–Trinajstić information content (AvgIpc) is 2.98. The van der Waals surface area contributed by atoms with Crippen LogP contribution < -0.4 is 0 Å². The quantitative estimate of drug-likeness (QED) is 0.875. The predicted octanol–water partition coefficient (Wildman–Crippen LogP) is 2.87. The van der Waals surface area contributed by atoms with Crippen molar-refractivity contribution in [3.05, 3.63) is 65.2 Å². The van der Waals surface area contributed by atoms with Gasteiger partial charge in [0, 0.05) is 7.05 Å². The molecule has 0 bridgehead atoms. The number of nitrogens with zero attached hydrogens (tertiary/aromatic N) is 2. The normalized spacial score (nSPS) is 17.2. The number of hydrogen-bond donors (Lipinski definition) is 0. The van der Waals surface area contributed by atoms with Crippen molar-refractivity contribution in [3.8, 4) is 6.07 Å². The average molecular weight is 312 g/mol. The van der Waals surface area contributed by atoms with Crippen LogP contribution in [0.5, 0.6) is 0 Å². The van der Waals surface area contributed by atoms with Gasteiger partial charge < -0.3 is 0 Å². The van der Waals surface area contributed by atoms with Crippen LogP contribution >= 0.6 is 0 Å². The highest BCUT2D eigenvalue weighted by Gasteiger charge is 2.33. The molecule has 1 aliphatic carbocycles. The maximum atomic E-state index is 12.8. The van der Waals surface area contributed by atoms with Crippen LogP contribution in [0.25, 0.3) is 0 Å². The molecule has 1 unspecified atom stereocenters. The number of nitriles is 1. The summed E-state index contributed by atoms with van der Waals surface area (Å²) in [6.45, 7) is 0. The van der Waals surface area contributed by atoms with E-state index < -0.39 is 10.0 Å². The van der Waals surface area contributed by atoms with E-state index in [2.05, 4.69) is 0 Å². The van der Waals surface area contributed by atoms with Gasteiger partial charge in [-0.2, -0.15) is 9.57 Å². The second-order valence-electron chi connectivity index (χ2n) is 5.41. The van der Waals surface area contributed by atoms with Gasteiger partial charge in [-0.3, -0.25) is 0 Å². The molecule has 0 aromatic heterocycles. The van der Waals surface area contributed by atoms with E-state index in [1.54, 1.807) is 19.2 Å². The second kappa shape index (κ2) is 5.56. The zero-order chi connectivity index (χ0) is 15.7. The first-order valence-electron chi connectivity index (χ1n) is 7.10. The van der Waals surface area contributed by atoms with Crippen LogP contribution in [-0.4, -0.2) is 19.8 Å². The topological polar surface area (TPSA) is 61.2 Å². The lowest BCUT2D eigenvalue weighted by atomic mass is 10.1. The highest BCUT2D eigenvalue weighted by Crippen LogP contribution is 2.37. The van der Waals surface area contributed by atoms with E-state index in [9.17, 15) is 8.42 Å². The van der Waals surface area contributed by atoms with Gasteiger partial charge in [0.25, 0.3) is 0 Å². The third-order valence-corrected chi connectivity index (χ3v) is 6.04. The van der Waals surface area contributed by atoms with Gasteiger partial charge >= 0.3 is 0 Å². The molecule has 2 aromatic carbocycles. The molecule has 3 rings (SSSR count). The Labute approximate surface area is 130 Å². The van der Waals surface area contributed by atoms with E-state index in [1.807, 2.05) is 30.3 Å². The molecule has 5 heteroatoms. The molecule has 0 saturated heterocycles. The lowest BCUT2D eigenvalue weighted by Gasteiger charge is -2.24. The zero-order valence-electron chi connectivity index (χ0n) is 12.2. The van der Waals surface area contributed by atoms with E-state index in [0.717, 1.165) is 18.4 Å². The molecule has 0 heterocycles. The van der Waals surface area contributed by atoms with E-state index in [1.165, 1.54) is 22.0 Å². The van der Waals surface area contributed by atoms with Gasteiger partial charge in [0.05, 0.1) is 22.6 Å². The molecule has 1 aliphatic rings. The molecular weight excluding hydrogens is 296 g/mol. The fourth-order valence-corrected chi connectivity index (χ4v) is 4.39. The van der Waals surface area contributed by atoms with Gasteiger partial charge in [-0.15, -0.1) is 0 Å². The summed E-state index contributed by atoms with van der Waals surface area (Å²) in [4.78, 5) is 0.165. The summed E-state index contributed by atoms with van der Waals surface area (Å²) in [5.41, 5.74) is 2.63. The summed E-state index contributed by atoms with van der Waals surface area (Å²) in [5, 5.41) is 8.95. The first-order chi connectivity index (χ1) is 10.5. The van der Waals surface area contributed by atoms with Crippen molar-refractivity contribution in [1.29, 1.82) is 5.26 Å². The largest absolute Gasteiger partial charge is 0.243 e. The lowest BCUT2D eigenvalue weighted by molar-refractivity contribution is 0.374. The second-order valence-corrected chi connectivity index (χ2v) is 7.41. The minimum Gasteiger partial charge on any atom is -0.207 e. The molecule has 0 saturated carbocycles. The number of aryl methyl sites for hydroxylation is 1. The number of rotatable bonds is 3. The summed E-state index contributed by atoms with van der Waals surface area (Å²) in [5.74, 6) is 0. The molecule has 0 N–H and O–H groups in total. The van der Waals surface area contributed by atoms with Crippen LogP contribution in [-0.2, 0) is 16.4 Å². The Kier molecular flexibility index (Phi) is 3.73. The Balaban J connectivity index is 1.98. The molecule has 2 aromatic rings. The number of sulfonamides is 1. The molecule has 4 nitrogen and oxygen atoms in total. The molecule has 0 aliphatic heterocycles. The zero-order valence-corrected chi connectivity index (χ0v) is 13.0. The van der Waals surface area contributed by atoms with E-state index in [4.69, 9.17) is 5.26 Å². The van der Waals surface area contributed by atoms with Crippen molar-refractivity contribution in [1.82, 2.24) is 4.31 Å². The van der Waals surface area contributed by atoms with Gasteiger partial charge in [-0.25, -0.2) is 8.42 Å². The molecule has 0 radical (unpaired) electrons. The maximum absolute atomic E-state index is 12.8. The monoisotopic (exact) mass is 312 g/mol. The Morgan fingerprint density at radius 2 is 1.95 bits per heavy atom. The van der Waals surface area contributed by atoms with Gasteiger partial charge in [0.2, 0.25) is 10.0 Å². The molecule has 0 amide bonds. The molecule has 112 valence electrons. The summed E-state index contributed by atoms with van der Waals surface area (Å²) in [6.07, 6.45) is 1.67. The third kappa shape index (κ3) is 2.41. The van der Waals surface area contributed by atoms with E-state index >= 15 is 0 Å². The molecular formula is C17H16N2O2S. The van der Waals surface area contributed by atoms with Gasteiger partial charge in [-0.1, -0.05) is 30.3 Å². The number of fused-ring (bicyclic) bond motifs is 1. The third-order valence-electron chi connectivity index (χ3n) is 4.18. The van der Waals surface area contributed by atoms with Crippen molar-refractivity contribution >= 4 is 10.0 Å². The SMILES string of the molecule is CN(C1CCc2ccccc21)S(=O)(=O)c1cccc(C#N)c1. The number of benzene rings is 2. The van der Waals surface area contributed by atoms with Crippen LogP contribution in [0.3, 0.4) is 0 Å². The maximum Gasteiger partial charge on any atom is 0.243 e. The predicted molar refractivity (Wildman–Crippen MR) is 83.6 cm³/mol. The first kappa shape index (κ1) is 14.8. The molecule has 0 spiro atoms. The summed E-state index contributed by atoms with van der Waals surface area (Å²) in [7, 11) is -2.00. The van der Waals surface area contributed by atoms with Gasteiger partial charge in [0.1, 0.15) is 0 Å². The first-order valence-corrected chi connectivity index (χ1v) is 8.54. The number of hydrogen-bond acceptors (Lipinski definition) is 3. The Hall–Kier alpha value is -2.16. The van der Waals surface area contributed by atoms with Crippen molar-refractivity contribution in [2.75, 3.05) is 7.05 Å². The van der Waals surface area contributed by atoms with Crippen LogP contribution in [0, 0.1) is 11.3 Å². The van der Waals surface area contributed by atoms with Gasteiger partial charge in [0.15, 0.2) is 0 Å². The van der Waals surface area contributed by atoms with Crippen LogP contribution in [0.1, 0.15) is 29.2 Å². The Morgan fingerprint density at radius 1 is 1.18 bits per heavy atom. The van der Waals surface area contributed by atoms with E-state index in [-0.39, 0.29) is 10.9 Å². The van der Waals surface area contributed by atoms with Crippen LogP contribution in [0.2, 0.25) is 0 Å². The van der Waals surface area contributed by atoms with E-state index in [0.29, 0.717) is 5.56 Å². The van der Waals surface area contributed by atoms with Crippen molar-refractivity contribution in [2.45, 2.75) is 23.8 Å². The molecule has 0 fully saturated rings. The Morgan fingerprint density at radius 3 is 2.73 bits per heavy atom. The fraction of sp³-hybridized carbons (Fsp3) is 0.235. The fourth-order valence-electron chi connectivity index (χ4n) is 2.97. The van der Waals surface area contributed by atoms with Crippen LogP contribution in [0.15, 0.2) is 53.4 Å². The van der Waals surface area contributed by atoms with Crippen LogP contribution in [0.4, 0.5) is 0 Å². The van der Waals surface area contributed by atoms with Crippen molar-refractivity contribution in [2.24, 2.45) is 0 Å². The molecule has 1 atom stereocenters. The lowest BCUT2D eigenvalue weighted by Crippen LogP contribution is -2.30. The highest BCUT2D eigenvalue weighted by molar-refractivity contribution is 7.89. The Bertz CT molecular complexity index is 853.